The van der Waals surface area contributed by atoms with E-state index in [1.54, 1.807) is 0 Å². The predicted octanol–water partition coefficient (Wildman–Crippen LogP) is 2.69. The van der Waals surface area contributed by atoms with E-state index in [-0.39, 0.29) is 16.8 Å². The number of nitrogens with zero attached hydrogens (tertiary/aromatic N) is 2. The van der Waals surface area contributed by atoms with Crippen LogP contribution in [0.25, 0.3) is 33.4 Å². The minimum Gasteiger partial charge on any atom is -0.463 e. The first-order valence-corrected chi connectivity index (χ1v) is 9.52. The molecule has 4 rings (SSSR count). The molecule has 0 aliphatic heterocycles. The zero-order valence-electron chi connectivity index (χ0n) is 14.0. The first-order valence-electron chi connectivity index (χ1n) is 7.70. The topological polar surface area (TPSA) is 91.4 Å². The average Bonchev–Trinajstić information content (AvgIpc) is 2.91. The molecule has 0 spiro atoms. The number of aryl methyl sites for hydroxylation is 1. The van der Waals surface area contributed by atoms with E-state index in [0.29, 0.717) is 16.8 Å². The molecule has 0 bridgehead atoms. The molecule has 0 aliphatic rings. The fourth-order valence-electron chi connectivity index (χ4n) is 2.88. The lowest BCUT2D eigenvalue weighted by Crippen LogP contribution is -2.09. The molecule has 0 aliphatic carbocycles. The number of imidazole rings is 1. The number of benzene rings is 2. The van der Waals surface area contributed by atoms with Gasteiger partial charge in [0.05, 0.1) is 22.7 Å². The van der Waals surface area contributed by atoms with Crippen molar-refractivity contribution in [2.75, 3.05) is 6.26 Å². The maximum absolute atomic E-state index is 12.9. The summed E-state index contributed by atoms with van der Waals surface area (Å²) in [5.41, 5.74) is 1.99. The van der Waals surface area contributed by atoms with Gasteiger partial charge in [0.25, 0.3) is 0 Å². The van der Waals surface area contributed by atoms with Gasteiger partial charge in [0.15, 0.2) is 0 Å². The summed E-state index contributed by atoms with van der Waals surface area (Å²) in [7, 11) is -1.83. The second-order valence-electron chi connectivity index (χ2n) is 5.91. The summed E-state index contributed by atoms with van der Waals surface area (Å²) in [6.07, 6.45) is 2.28. The van der Waals surface area contributed by atoms with Crippen molar-refractivity contribution in [3.63, 3.8) is 0 Å². The molecule has 2 aromatic carbocycles. The molecule has 4 aromatic rings. The molecule has 0 saturated carbocycles. The Morgan fingerprint density at radius 2 is 1.92 bits per heavy atom. The molecule has 0 atom stereocenters. The fraction of sp³-hybridized carbons (Fsp3) is 0.111. The molecule has 0 fully saturated rings. The van der Waals surface area contributed by atoms with E-state index in [4.69, 9.17) is 8.60 Å². The second-order valence-corrected chi connectivity index (χ2v) is 7.48. The van der Waals surface area contributed by atoms with Gasteiger partial charge in [-0.15, -0.1) is 0 Å². The number of hydrogen-bond donors (Lipinski definition) is 0. The number of rotatable bonds is 3. The predicted molar refractivity (Wildman–Crippen MR) is 97.7 cm³/mol. The normalized spacial score (nSPS) is 11.9. The van der Waals surface area contributed by atoms with E-state index in [1.807, 2.05) is 35.9 Å². The van der Waals surface area contributed by atoms with Crippen LogP contribution < -0.4 is 9.61 Å². The summed E-state index contributed by atoms with van der Waals surface area (Å²) in [4.78, 5) is 17.4. The first kappa shape index (κ1) is 16.3. The lowest BCUT2D eigenvalue weighted by atomic mass is 10.1. The molecule has 0 radical (unpaired) electrons. The van der Waals surface area contributed by atoms with Gasteiger partial charge in [0, 0.05) is 13.1 Å². The van der Waals surface area contributed by atoms with Crippen LogP contribution in [0.1, 0.15) is 0 Å². The number of hydrogen-bond acceptors (Lipinski definition) is 6. The third kappa shape index (κ3) is 2.74. The van der Waals surface area contributed by atoms with Crippen LogP contribution in [-0.2, 0) is 17.2 Å². The van der Waals surface area contributed by atoms with Crippen LogP contribution in [0.4, 0.5) is 0 Å². The highest BCUT2D eigenvalue weighted by Crippen LogP contribution is 2.25. The van der Waals surface area contributed by atoms with Crippen LogP contribution in [-0.4, -0.2) is 24.2 Å². The zero-order chi connectivity index (χ0) is 18.5. The Labute approximate surface area is 148 Å². The van der Waals surface area contributed by atoms with Crippen molar-refractivity contribution in [2.24, 2.45) is 7.05 Å². The highest BCUT2D eigenvalue weighted by molar-refractivity contribution is 7.86. The van der Waals surface area contributed by atoms with E-state index in [0.717, 1.165) is 17.3 Å². The lowest BCUT2D eigenvalue weighted by Gasteiger charge is -2.05. The molecule has 0 amide bonds. The Hall–Kier alpha value is -3.13. The fourth-order valence-corrected chi connectivity index (χ4v) is 3.33. The summed E-state index contributed by atoms with van der Waals surface area (Å²) in [5.74, 6) is 0.581. The van der Waals surface area contributed by atoms with Gasteiger partial charge < -0.3 is 13.2 Å². The number of fused-ring (bicyclic) bond motifs is 2. The first-order chi connectivity index (χ1) is 12.3. The summed E-state index contributed by atoms with van der Waals surface area (Å²) in [5, 5.41) is 0.315. The third-order valence-corrected chi connectivity index (χ3v) is 4.52. The van der Waals surface area contributed by atoms with Crippen molar-refractivity contribution >= 4 is 32.1 Å². The number of aromatic nitrogens is 2. The molecule has 26 heavy (non-hydrogen) atoms. The maximum atomic E-state index is 12.9. The van der Waals surface area contributed by atoms with Crippen LogP contribution in [0.15, 0.2) is 57.9 Å². The van der Waals surface area contributed by atoms with E-state index < -0.39 is 10.1 Å². The van der Waals surface area contributed by atoms with Crippen molar-refractivity contribution < 1.29 is 17.0 Å². The molecule has 0 N–H and O–H groups in total. The van der Waals surface area contributed by atoms with E-state index in [1.165, 1.54) is 24.5 Å². The molecule has 132 valence electrons. The van der Waals surface area contributed by atoms with Crippen molar-refractivity contribution in [3.05, 3.63) is 59.0 Å². The van der Waals surface area contributed by atoms with Crippen LogP contribution in [0.2, 0.25) is 0 Å². The number of para-hydroxylation sites is 2. The summed E-state index contributed by atoms with van der Waals surface area (Å²) in [6.45, 7) is 0. The van der Waals surface area contributed by atoms with Crippen molar-refractivity contribution in [3.8, 4) is 17.1 Å². The Bertz CT molecular complexity index is 1320. The van der Waals surface area contributed by atoms with Gasteiger partial charge in [-0.3, -0.25) is 4.79 Å². The molecule has 2 aromatic heterocycles. The second kappa shape index (κ2) is 5.70. The smallest absolute Gasteiger partial charge is 0.306 e. The maximum Gasteiger partial charge on any atom is 0.306 e. The largest absolute Gasteiger partial charge is 0.463 e. The molecule has 7 nitrogen and oxygen atoms in total. The van der Waals surface area contributed by atoms with E-state index in [9.17, 15) is 13.2 Å². The van der Waals surface area contributed by atoms with Crippen LogP contribution in [0, 0.1) is 0 Å². The lowest BCUT2D eigenvalue weighted by molar-refractivity contribution is 0.492. The van der Waals surface area contributed by atoms with Crippen LogP contribution in [0.3, 0.4) is 0 Å². The van der Waals surface area contributed by atoms with Gasteiger partial charge in [-0.05, 0) is 24.3 Å². The Balaban J connectivity index is 1.89. The SMILES string of the molecule is Cn1c(-c2coc3cc(OS(C)(=O)=O)ccc3c2=O)nc2ccccc21. The van der Waals surface area contributed by atoms with Crippen LogP contribution >= 0.6 is 0 Å². The van der Waals surface area contributed by atoms with Crippen molar-refractivity contribution in [1.29, 1.82) is 0 Å². The summed E-state index contributed by atoms with van der Waals surface area (Å²) < 4.78 is 34.7. The Morgan fingerprint density at radius 3 is 2.65 bits per heavy atom. The van der Waals surface area contributed by atoms with Gasteiger partial charge in [-0.1, -0.05) is 12.1 Å². The third-order valence-electron chi connectivity index (χ3n) is 4.02. The molecule has 8 heteroatoms. The highest BCUT2D eigenvalue weighted by Gasteiger charge is 2.16. The average molecular weight is 370 g/mol. The van der Waals surface area contributed by atoms with Gasteiger partial charge in [0.1, 0.15) is 29.0 Å². The summed E-state index contributed by atoms with van der Waals surface area (Å²) in [6, 6.07) is 11.8. The van der Waals surface area contributed by atoms with Gasteiger partial charge in [0.2, 0.25) is 5.43 Å². The molecule has 0 saturated heterocycles. The van der Waals surface area contributed by atoms with Gasteiger partial charge >= 0.3 is 10.1 Å². The van der Waals surface area contributed by atoms with Gasteiger partial charge in [-0.25, -0.2) is 4.98 Å². The zero-order valence-corrected chi connectivity index (χ0v) is 14.8. The Kier molecular flexibility index (Phi) is 3.58. The monoisotopic (exact) mass is 370 g/mol. The molecular weight excluding hydrogens is 356 g/mol. The van der Waals surface area contributed by atoms with Crippen molar-refractivity contribution in [2.45, 2.75) is 0 Å². The Morgan fingerprint density at radius 1 is 1.15 bits per heavy atom. The standard InChI is InChI=1S/C18H14N2O5S/c1-20-15-6-4-3-5-14(15)19-18(20)13-10-24-16-9-11(25-26(2,22)23)7-8-12(16)17(13)21/h3-10H,1-2H3. The van der Waals surface area contributed by atoms with E-state index >= 15 is 0 Å². The van der Waals surface area contributed by atoms with Crippen LogP contribution in [0.5, 0.6) is 5.75 Å². The quantitative estimate of drug-likeness (QED) is 0.515. The highest BCUT2D eigenvalue weighted by atomic mass is 32.2. The van der Waals surface area contributed by atoms with Crippen molar-refractivity contribution in [1.82, 2.24) is 9.55 Å². The molecule has 0 unspecified atom stereocenters. The minimum absolute atomic E-state index is 0.0821. The summed E-state index contributed by atoms with van der Waals surface area (Å²) >= 11 is 0. The minimum atomic E-state index is -3.66. The molecular formula is C18H14N2O5S. The van der Waals surface area contributed by atoms with Gasteiger partial charge in [-0.2, -0.15) is 8.42 Å². The van der Waals surface area contributed by atoms with E-state index in [2.05, 4.69) is 4.98 Å². The molecule has 2 heterocycles.